The van der Waals surface area contributed by atoms with E-state index >= 15 is 0 Å². The van der Waals surface area contributed by atoms with Crippen molar-refractivity contribution in [2.45, 2.75) is 6.92 Å². The minimum Gasteiger partial charge on any atom is -0.462 e. The minimum atomic E-state index is -0.353. The molecule has 0 saturated heterocycles. The van der Waals surface area contributed by atoms with E-state index in [9.17, 15) is 10.1 Å². The highest BCUT2D eigenvalue weighted by Crippen LogP contribution is 2.29. The summed E-state index contributed by atoms with van der Waals surface area (Å²) in [6.07, 6.45) is 1.68. The molecule has 0 aliphatic rings. The van der Waals surface area contributed by atoms with Gasteiger partial charge < -0.3 is 9.15 Å². The second-order valence-electron chi connectivity index (χ2n) is 6.57. The number of carbonyl (C=O) groups is 1. The molecule has 0 saturated carbocycles. The lowest BCUT2D eigenvalue weighted by atomic mass is 10.1. The molecular formula is C25H18N2O3S. The number of nitrogens with zero attached hydrogens (tertiary/aromatic N) is 2. The number of benzene rings is 2. The first-order chi connectivity index (χ1) is 15.2. The van der Waals surface area contributed by atoms with Crippen LogP contribution in [0.15, 0.2) is 76.5 Å². The average Bonchev–Trinajstić information content (AvgIpc) is 3.48. The first-order valence-electron chi connectivity index (χ1n) is 9.68. The predicted octanol–water partition coefficient (Wildman–Crippen LogP) is 6.31. The van der Waals surface area contributed by atoms with E-state index in [1.165, 1.54) is 11.3 Å². The van der Waals surface area contributed by atoms with Gasteiger partial charge >= 0.3 is 5.97 Å². The van der Waals surface area contributed by atoms with E-state index in [1.54, 1.807) is 43.3 Å². The summed E-state index contributed by atoms with van der Waals surface area (Å²) < 4.78 is 10.9. The van der Waals surface area contributed by atoms with Crippen LogP contribution in [0, 0.1) is 11.3 Å². The molecule has 0 spiro atoms. The van der Waals surface area contributed by atoms with Gasteiger partial charge in [-0.25, -0.2) is 9.78 Å². The van der Waals surface area contributed by atoms with Crippen molar-refractivity contribution in [1.82, 2.24) is 4.98 Å². The van der Waals surface area contributed by atoms with Crippen molar-refractivity contribution in [2.75, 3.05) is 6.61 Å². The van der Waals surface area contributed by atoms with Crippen LogP contribution in [0.2, 0.25) is 0 Å². The number of hydrogen-bond donors (Lipinski definition) is 0. The molecule has 0 unspecified atom stereocenters. The Morgan fingerprint density at radius 3 is 2.58 bits per heavy atom. The second kappa shape index (κ2) is 9.24. The highest BCUT2D eigenvalue weighted by atomic mass is 32.1. The zero-order chi connectivity index (χ0) is 21.6. The maximum Gasteiger partial charge on any atom is 0.338 e. The highest BCUT2D eigenvalue weighted by molar-refractivity contribution is 7.11. The third-order valence-corrected chi connectivity index (χ3v) is 5.39. The lowest BCUT2D eigenvalue weighted by Crippen LogP contribution is -2.03. The topological polar surface area (TPSA) is 76.1 Å². The Morgan fingerprint density at radius 1 is 1.10 bits per heavy atom. The summed E-state index contributed by atoms with van der Waals surface area (Å²) in [5, 5.41) is 12.2. The molecule has 0 amide bonds. The van der Waals surface area contributed by atoms with Crippen LogP contribution < -0.4 is 0 Å². The smallest absolute Gasteiger partial charge is 0.338 e. The lowest BCUT2D eigenvalue weighted by molar-refractivity contribution is 0.0526. The number of hydrogen-bond acceptors (Lipinski definition) is 6. The van der Waals surface area contributed by atoms with E-state index in [0.29, 0.717) is 34.3 Å². The predicted molar refractivity (Wildman–Crippen MR) is 121 cm³/mol. The summed E-state index contributed by atoms with van der Waals surface area (Å²) in [5.74, 6) is 0.842. The van der Waals surface area contributed by atoms with Gasteiger partial charge in [-0.15, -0.1) is 11.3 Å². The molecule has 0 aliphatic heterocycles. The Bertz CT molecular complexity index is 1260. The molecule has 0 aliphatic carbocycles. The Kier molecular flexibility index (Phi) is 6.06. The third kappa shape index (κ3) is 4.63. The molecule has 0 bridgehead atoms. The van der Waals surface area contributed by atoms with Crippen LogP contribution in [0.5, 0.6) is 0 Å². The van der Waals surface area contributed by atoms with E-state index in [-0.39, 0.29) is 5.97 Å². The van der Waals surface area contributed by atoms with Crippen molar-refractivity contribution < 1.29 is 13.9 Å². The first kappa shape index (κ1) is 20.3. The molecular weight excluding hydrogens is 408 g/mol. The molecule has 6 heteroatoms. The minimum absolute atomic E-state index is 0.335. The fourth-order valence-corrected chi connectivity index (χ4v) is 3.79. The number of thiazole rings is 1. The van der Waals surface area contributed by atoms with E-state index in [0.717, 1.165) is 16.8 Å². The van der Waals surface area contributed by atoms with E-state index in [4.69, 9.17) is 9.15 Å². The van der Waals surface area contributed by atoms with Crippen molar-refractivity contribution in [3.05, 3.63) is 88.4 Å². The normalized spacial score (nSPS) is 11.2. The SMILES string of the molecule is CCOC(=O)c1ccc(-c2ccc(C=C(C#N)c3nc(-c4ccccc4)cs3)o2)cc1. The van der Waals surface area contributed by atoms with Crippen LogP contribution >= 0.6 is 11.3 Å². The van der Waals surface area contributed by atoms with Gasteiger partial charge in [-0.05, 0) is 31.2 Å². The average molecular weight is 426 g/mol. The van der Waals surface area contributed by atoms with Gasteiger partial charge in [0.2, 0.25) is 0 Å². The third-order valence-electron chi connectivity index (χ3n) is 4.52. The molecule has 4 aromatic rings. The fourth-order valence-electron chi connectivity index (χ4n) is 2.99. The van der Waals surface area contributed by atoms with Crippen molar-refractivity contribution >= 4 is 29.0 Å². The van der Waals surface area contributed by atoms with Gasteiger partial charge in [0.15, 0.2) is 0 Å². The van der Waals surface area contributed by atoms with Gasteiger partial charge in [0, 0.05) is 22.6 Å². The van der Waals surface area contributed by atoms with Crippen LogP contribution in [0.4, 0.5) is 0 Å². The Labute approximate surface area is 183 Å². The molecule has 5 nitrogen and oxygen atoms in total. The molecule has 0 fully saturated rings. The van der Waals surface area contributed by atoms with Gasteiger partial charge in [0.25, 0.3) is 0 Å². The van der Waals surface area contributed by atoms with Gasteiger partial charge in [-0.1, -0.05) is 42.5 Å². The van der Waals surface area contributed by atoms with Gasteiger partial charge in [-0.2, -0.15) is 5.26 Å². The van der Waals surface area contributed by atoms with Crippen molar-refractivity contribution in [3.8, 4) is 28.7 Å². The largest absolute Gasteiger partial charge is 0.462 e. The maximum atomic E-state index is 11.8. The number of aromatic nitrogens is 1. The van der Waals surface area contributed by atoms with E-state index in [2.05, 4.69) is 11.1 Å². The summed E-state index contributed by atoms with van der Waals surface area (Å²) in [5.41, 5.74) is 3.59. The van der Waals surface area contributed by atoms with Crippen LogP contribution in [-0.2, 0) is 4.74 Å². The first-order valence-corrected chi connectivity index (χ1v) is 10.6. The monoisotopic (exact) mass is 426 g/mol. The van der Waals surface area contributed by atoms with Gasteiger partial charge in [0.05, 0.1) is 23.4 Å². The fraction of sp³-hybridized carbons (Fsp3) is 0.0800. The number of nitriles is 1. The maximum absolute atomic E-state index is 11.8. The van der Waals surface area contributed by atoms with Crippen LogP contribution in [-0.4, -0.2) is 17.6 Å². The number of esters is 1. The molecule has 2 heterocycles. The summed E-state index contributed by atoms with van der Waals surface area (Å²) >= 11 is 1.42. The molecule has 0 atom stereocenters. The summed E-state index contributed by atoms with van der Waals surface area (Å²) in [7, 11) is 0. The highest BCUT2D eigenvalue weighted by Gasteiger charge is 2.12. The zero-order valence-electron chi connectivity index (χ0n) is 16.7. The molecule has 152 valence electrons. The number of furan rings is 1. The van der Waals surface area contributed by atoms with Crippen LogP contribution in [0.25, 0.3) is 34.2 Å². The summed E-state index contributed by atoms with van der Waals surface area (Å²) in [6.45, 7) is 2.11. The zero-order valence-corrected chi connectivity index (χ0v) is 17.6. The molecule has 0 N–H and O–H groups in total. The summed E-state index contributed by atoms with van der Waals surface area (Å²) in [6, 6.07) is 22.7. The number of carbonyl (C=O) groups excluding carboxylic acids is 1. The molecule has 4 rings (SSSR count). The van der Waals surface area contributed by atoms with Crippen molar-refractivity contribution in [1.29, 1.82) is 5.26 Å². The Morgan fingerprint density at radius 2 is 1.87 bits per heavy atom. The molecule has 2 aromatic carbocycles. The number of ether oxygens (including phenoxy) is 1. The van der Waals surface area contributed by atoms with Gasteiger partial charge in [0.1, 0.15) is 22.6 Å². The van der Waals surface area contributed by atoms with E-state index in [1.807, 2.05) is 41.8 Å². The van der Waals surface area contributed by atoms with Gasteiger partial charge in [-0.3, -0.25) is 0 Å². The number of allylic oxidation sites excluding steroid dienone is 1. The van der Waals surface area contributed by atoms with Crippen molar-refractivity contribution in [2.24, 2.45) is 0 Å². The number of rotatable bonds is 6. The molecule has 0 radical (unpaired) electrons. The molecule has 2 aromatic heterocycles. The Hall–Kier alpha value is -3.95. The van der Waals surface area contributed by atoms with Crippen molar-refractivity contribution in [3.63, 3.8) is 0 Å². The quantitative estimate of drug-likeness (QED) is 0.267. The standard InChI is InChI=1S/C25H18N2O3S/c1-2-29-25(28)19-10-8-18(9-11-19)23-13-12-21(30-23)14-20(15-26)24-27-22(16-31-24)17-6-4-3-5-7-17/h3-14,16H,2H2,1H3. The van der Waals surface area contributed by atoms with E-state index < -0.39 is 0 Å². The second-order valence-corrected chi connectivity index (χ2v) is 7.43. The lowest BCUT2D eigenvalue weighted by Gasteiger charge is -2.02. The Balaban J connectivity index is 1.55. The van der Waals surface area contributed by atoms with Crippen LogP contribution in [0.3, 0.4) is 0 Å². The van der Waals surface area contributed by atoms with Crippen LogP contribution in [0.1, 0.15) is 28.0 Å². The molecule has 31 heavy (non-hydrogen) atoms. The summed E-state index contributed by atoms with van der Waals surface area (Å²) in [4.78, 5) is 16.4.